The van der Waals surface area contributed by atoms with Crippen LogP contribution in [0.2, 0.25) is 0 Å². The number of rotatable bonds is 1. The molecular formula is C11H11BrN2. The second kappa shape index (κ2) is 3.09. The van der Waals surface area contributed by atoms with E-state index in [1.165, 1.54) is 30.6 Å². The number of pyridine rings is 1. The summed E-state index contributed by atoms with van der Waals surface area (Å²) >= 11 is 3.47. The first-order valence-corrected chi connectivity index (χ1v) is 5.76. The lowest BCUT2D eigenvalue weighted by molar-refractivity contribution is 0.400. The Morgan fingerprint density at radius 2 is 2.29 bits per heavy atom. The van der Waals surface area contributed by atoms with E-state index in [-0.39, 0.29) is 0 Å². The zero-order valence-corrected chi connectivity index (χ0v) is 9.37. The summed E-state index contributed by atoms with van der Waals surface area (Å²) in [5.41, 5.74) is 1.18. The molecule has 0 unspecified atom stereocenters. The summed E-state index contributed by atoms with van der Waals surface area (Å²) in [6.45, 7) is 0. The molecule has 72 valence electrons. The lowest BCUT2D eigenvalue weighted by atomic mass is 9.85. The van der Waals surface area contributed by atoms with E-state index in [0.29, 0.717) is 5.92 Å². The van der Waals surface area contributed by atoms with Crippen molar-refractivity contribution in [1.82, 2.24) is 9.38 Å². The van der Waals surface area contributed by atoms with Crippen LogP contribution in [0.15, 0.2) is 29.0 Å². The summed E-state index contributed by atoms with van der Waals surface area (Å²) in [5.74, 6) is 1.93. The Morgan fingerprint density at radius 3 is 3.00 bits per heavy atom. The zero-order valence-electron chi connectivity index (χ0n) is 7.78. The minimum absolute atomic E-state index is 0.693. The smallest absolute Gasteiger partial charge is 0.116 e. The monoisotopic (exact) mass is 250 g/mol. The predicted octanol–water partition coefficient (Wildman–Crippen LogP) is 3.36. The maximum Gasteiger partial charge on any atom is 0.116 e. The molecule has 0 saturated heterocycles. The van der Waals surface area contributed by atoms with Gasteiger partial charge in [0.05, 0.1) is 11.7 Å². The number of imidazole rings is 1. The number of fused-ring (bicyclic) bond motifs is 1. The molecule has 3 rings (SSSR count). The number of hydrogen-bond acceptors (Lipinski definition) is 1. The number of hydrogen-bond donors (Lipinski definition) is 0. The summed E-state index contributed by atoms with van der Waals surface area (Å²) in [6.07, 6.45) is 8.01. The molecule has 1 aliphatic carbocycles. The molecule has 0 aliphatic heterocycles. The molecule has 0 bridgehead atoms. The fourth-order valence-electron chi connectivity index (χ4n) is 1.96. The van der Waals surface area contributed by atoms with Crippen LogP contribution >= 0.6 is 15.9 Å². The number of halogens is 1. The molecule has 0 atom stereocenters. The highest BCUT2D eigenvalue weighted by Crippen LogP contribution is 2.35. The third-order valence-corrected chi connectivity index (χ3v) is 3.49. The second-order valence-corrected chi connectivity index (χ2v) is 4.80. The van der Waals surface area contributed by atoms with E-state index in [4.69, 9.17) is 0 Å². The van der Waals surface area contributed by atoms with Gasteiger partial charge in [-0.3, -0.25) is 0 Å². The third kappa shape index (κ3) is 1.19. The Labute approximate surface area is 91.1 Å². The first-order chi connectivity index (χ1) is 6.84. The van der Waals surface area contributed by atoms with Crippen LogP contribution in [-0.2, 0) is 0 Å². The molecule has 0 aromatic carbocycles. The van der Waals surface area contributed by atoms with Crippen molar-refractivity contribution < 1.29 is 0 Å². The van der Waals surface area contributed by atoms with Gasteiger partial charge in [0.15, 0.2) is 0 Å². The molecule has 2 aromatic heterocycles. The Kier molecular flexibility index (Phi) is 1.87. The summed E-state index contributed by atoms with van der Waals surface area (Å²) in [7, 11) is 0. The minimum atomic E-state index is 0.693. The molecule has 0 N–H and O–H groups in total. The maximum atomic E-state index is 4.50. The Balaban J connectivity index is 2.16. The lowest BCUT2D eigenvalue weighted by Crippen LogP contribution is -2.12. The van der Waals surface area contributed by atoms with Gasteiger partial charge in [-0.15, -0.1) is 0 Å². The molecular weight excluding hydrogens is 240 g/mol. The molecule has 1 saturated carbocycles. The lowest BCUT2D eigenvalue weighted by Gasteiger charge is -2.23. The van der Waals surface area contributed by atoms with Crippen LogP contribution in [0.1, 0.15) is 31.0 Å². The van der Waals surface area contributed by atoms with Crippen molar-refractivity contribution in [3.63, 3.8) is 0 Å². The van der Waals surface area contributed by atoms with Gasteiger partial charge in [0.2, 0.25) is 0 Å². The molecule has 2 aromatic rings. The van der Waals surface area contributed by atoms with Crippen LogP contribution in [0.25, 0.3) is 5.52 Å². The highest BCUT2D eigenvalue weighted by Gasteiger charge is 2.23. The average molecular weight is 251 g/mol. The van der Waals surface area contributed by atoms with Gasteiger partial charge >= 0.3 is 0 Å². The first-order valence-electron chi connectivity index (χ1n) is 4.97. The molecule has 2 heterocycles. The van der Waals surface area contributed by atoms with Crippen LogP contribution in [0.4, 0.5) is 0 Å². The standard InChI is InChI=1S/C11H11BrN2/c12-9-4-5-14-10(6-9)7-13-11(14)8-2-1-3-8/h4-8H,1-3H2. The van der Waals surface area contributed by atoms with Crippen molar-refractivity contribution in [2.75, 3.05) is 0 Å². The molecule has 1 aliphatic rings. The molecule has 0 amide bonds. The minimum Gasteiger partial charge on any atom is -0.303 e. The van der Waals surface area contributed by atoms with Crippen molar-refractivity contribution in [2.24, 2.45) is 0 Å². The molecule has 1 fully saturated rings. The molecule has 0 spiro atoms. The molecule has 14 heavy (non-hydrogen) atoms. The summed E-state index contributed by atoms with van der Waals surface area (Å²) in [4.78, 5) is 4.50. The van der Waals surface area contributed by atoms with Gasteiger partial charge in [-0.1, -0.05) is 22.4 Å². The highest BCUT2D eigenvalue weighted by atomic mass is 79.9. The van der Waals surface area contributed by atoms with E-state index in [1.54, 1.807) is 0 Å². The predicted molar refractivity (Wildman–Crippen MR) is 59.5 cm³/mol. The SMILES string of the molecule is Brc1ccn2c(C3CCC3)ncc2c1. The van der Waals surface area contributed by atoms with E-state index in [1.807, 2.05) is 6.20 Å². The van der Waals surface area contributed by atoms with Gasteiger partial charge < -0.3 is 4.40 Å². The Bertz CT molecular complexity index is 471. The van der Waals surface area contributed by atoms with Crippen LogP contribution < -0.4 is 0 Å². The normalized spacial score (nSPS) is 17.2. The topological polar surface area (TPSA) is 17.3 Å². The molecule has 0 radical (unpaired) electrons. The zero-order chi connectivity index (χ0) is 9.54. The first kappa shape index (κ1) is 8.48. The van der Waals surface area contributed by atoms with E-state index in [2.05, 4.69) is 43.6 Å². The Morgan fingerprint density at radius 1 is 1.43 bits per heavy atom. The van der Waals surface area contributed by atoms with Crippen molar-refractivity contribution in [1.29, 1.82) is 0 Å². The van der Waals surface area contributed by atoms with Crippen LogP contribution in [0, 0.1) is 0 Å². The van der Waals surface area contributed by atoms with Crippen molar-refractivity contribution in [3.05, 3.63) is 34.8 Å². The van der Waals surface area contributed by atoms with Crippen LogP contribution in [-0.4, -0.2) is 9.38 Å². The fraction of sp³-hybridized carbons (Fsp3) is 0.364. The van der Waals surface area contributed by atoms with E-state index in [0.717, 1.165) is 4.47 Å². The van der Waals surface area contributed by atoms with E-state index in [9.17, 15) is 0 Å². The van der Waals surface area contributed by atoms with Gasteiger partial charge in [-0.25, -0.2) is 4.98 Å². The summed E-state index contributed by atoms with van der Waals surface area (Å²) < 4.78 is 3.32. The number of nitrogens with zero attached hydrogens (tertiary/aromatic N) is 2. The van der Waals surface area contributed by atoms with Gasteiger partial charge in [-0.05, 0) is 25.0 Å². The van der Waals surface area contributed by atoms with Crippen molar-refractivity contribution in [2.45, 2.75) is 25.2 Å². The van der Waals surface area contributed by atoms with Gasteiger partial charge in [0, 0.05) is 16.6 Å². The van der Waals surface area contributed by atoms with Gasteiger partial charge in [0.25, 0.3) is 0 Å². The fourth-order valence-corrected chi connectivity index (χ4v) is 2.31. The number of aromatic nitrogens is 2. The van der Waals surface area contributed by atoms with Crippen molar-refractivity contribution in [3.8, 4) is 0 Å². The van der Waals surface area contributed by atoms with E-state index < -0.39 is 0 Å². The summed E-state index contributed by atoms with van der Waals surface area (Å²) in [5, 5.41) is 0. The van der Waals surface area contributed by atoms with Gasteiger partial charge in [-0.2, -0.15) is 0 Å². The van der Waals surface area contributed by atoms with E-state index >= 15 is 0 Å². The molecule has 2 nitrogen and oxygen atoms in total. The quantitative estimate of drug-likeness (QED) is 0.759. The average Bonchev–Trinajstić information content (AvgIpc) is 2.45. The van der Waals surface area contributed by atoms with Crippen molar-refractivity contribution >= 4 is 21.4 Å². The largest absolute Gasteiger partial charge is 0.303 e. The molecule has 3 heteroatoms. The Hall–Kier alpha value is -0.830. The van der Waals surface area contributed by atoms with Gasteiger partial charge in [0.1, 0.15) is 5.82 Å². The second-order valence-electron chi connectivity index (χ2n) is 3.88. The maximum absolute atomic E-state index is 4.50. The third-order valence-electron chi connectivity index (χ3n) is 2.99. The van der Waals surface area contributed by atoms with Crippen LogP contribution in [0.5, 0.6) is 0 Å². The van der Waals surface area contributed by atoms with Crippen LogP contribution in [0.3, 0.4) is 0 Å². The highest BCUT2D eigenvalue weighted by molar-refractivity contribution is 9.10. The summed E-state index contributed by atoms with van der Waals surface area (Å²) in [6, 6.07) is 4.17.